The summed E-state index contributed by atoms with van der Waals surface area (Å²) in [6.07, 6.45) is 5.48. The lowest BCUT2D eigenvalue weighted by Crippen LogP contribution is -2.06. The first-order valence-corrected chi connectivity index (χ1v) is 9.08. The molecule has 0 bridgehead atoms. The fraction of sp³-hybridized carbons (Fsp3) is 0.167. The van der Waals surface area contributed by atoms with Gasteiger partial charge in [0.25, 0.3) is 0 Å². The van der Waals surface area contributed by atoms with Crippen LogP contribution in [0.1, 0.15) is 47.3 Å². The Kier molecular flexibility index (Phi) is 5.02. The maximum Gasteiger partial charge on any atom is 0.111 e. The SMILES string of the molecule is c1ccc(C(CCC(c2ccccc2)c2ccco2)c2ccco2)cc1. The molecule has 2 aromatic heterocycles. The first kappa shape index (κ1) is 16.5. The Bertz CT molecular complexity index is 800. The minimum Gasteiger partial charge on any atom is -0.469 e. The molecule has 0 saturated carbocycles. The van der Waals surface area contributed by atoms with Gasteiger partial charge in [-0.2, -0.15) is 0 Å². The molecule has 0 spiro atoms. The second-order valence-electron chi connectivity index (χ2n) is 6.53. The van der Waals surface area contributed by atoms with E-state index in [0.717, 1.165) is 24.4 Å². The van der Waals surface area contributed by atoms with E-state index in [-0.39, 0.29) is 11.8 Å². The van der Waals surface area contributed by atoms with Crippen molar-refractivity contribution in [3.63, 3.8) is 0 Å². The third-order valence-corrected chi connectivity index (χ3v) is 4.92. The highest BCUT2D eigenvalue weighted by Crippen LogP contribution is 2.36. The van der Waals surface area contributed by atoms with Crippen molar-refractivity contribution < 1.29 is 8.83 Å². The minimum atomic E-state index is 0.243. The van der Waals surface area contributed by atoms with Crippen LogP contribution in [0.4, 0.5) is 0 Å². The third kappa shape index (κ3) is 3.65. The van der Waals surface area contributed by atoms with E-state index in [0.29, 0.717) is 0 Å². The Morgan fingerprint density at radius 2 is 0.923 bits per heavy atom. The monoisotopic (exact) mass is 342 g/mol. The summed E-state index contributed by atoms with van der Waals surface area (Å²) in [5, 5.41) is 0. The highest BCUT2D eigenvalue weighted by molar-refractivity contribution is 5.30. The molecule has 0 amide bonds. The summed E-state index contributed by atoms with van der Waals surface area (Å²) in [6.45, 7) is 0. The van der Waals surface area contributed by atoms with Crippen molar-refractivity contribution in [2.24, 2.45) is 0 Å². The first-order valence-electron chi connectivity index (χ1n) is 9.08. The highest BCUT2D eigenvalue weighted by Gasteiger charge is 2.22. The van der Waals surface area contributed by atoms with Crippen molar-refractivity contribution >= 4 is 0 Å². The average Bonchev–Trinajstić information content (AvgIpc) is 3.41. The zero-order valence-corrected chi connectivity index (χ0v) is 14.6. The quantitative estimate of drug-likeness (QED) is 0.377. The molecule has 4 rings (SSSR count). The van der Waals surface area contributed by atoms with Gasteiger partial charge < -0.3 is 8.83 Å². The largest absolute Gasteiger partial charge is 0.469 e. The fourth-order valence-corrected chi connectivity index (χ4v) is 3.63. The van der Waals surface area contributed by atoms with Crippen molar-refractivity contribution in [2.45, 2.75) is 24.7 Å². The number of hydrogen-bond donors (Lipinski definition) is 0. The second-order valence-corrected chi connectivity index (χ2v) is 6.53. The standard InChI is InChI=1S/C24H22O2/c1-3-9-19(10-4-1)21(23-13-7-17-25-23)15-16-22(24-14-8-18-26-24)20-11-5-2-6-12-20/h1-14,17-18,21-22H,15-16H2. The smallest absolute Gasteiger partial charge is 0.111 e. The zero-order chi connectivity index (χ0) is 17.6. The van der Waals surface area contributed by atoms with Crippen LogP contribution in [0.2, 0.25) is 0 Å². The minimum absolute atomic E-state index is 0.243. The van der Waals surface area contributed by atoms with Gasteiger partial charge in [0.1, 0.15) is 11.5 Å². The van der Waals surface area contributed by atoms with Crippen LogP contribution in [-0.2, 0) is 0 Å². The van der Waals surface area contributed by atoms with Crippen LogP contribution in [0, 0.1) is 0 Å². The molecular formula is C24H22O2. The molecule has 2 heterocycles. The summed E-state index contributed by atoms with van der Waals surface area (Å²) < 4.78 is 11.5. The van der Waals surface area contributed by atoms with Gasteiger partial charge in [0.05, 0.1) is 12.5 Å². The predicted molar refractivity (Wildman–Crippen MR) is 103 cm³/mol. The molecule has 0 aliphatic rings. The van der Waals surface area contributed by atoms with Crippen LogP contribution in [0.3, 0.4) is 0 Å². The van der Waals surface area contributed by atoms with Gasteiger partial charge in [-0.15, -0.1) is 0 Å². The summed E-state index contributed by atoms with van der Waals surface area (Å²) in [5.74, 6) is 2.52. The molecule has 2 nitrogen and oxygen atoms in total. The summed E-state index contributed by atoms with van der Waals surface area (Å²) >= 11 is 0. The maximum absolute atomic E-state index is 5.76. The third-order valence-electron chi connectivity index (χ3n) is 4.92. The number of hydrogen-bond acceptors (Lipinski definition) is 2. The lowest BCUT2D eigenvalue weighted by molar-refractivity contribution is 0.436. The van der Waals surface area contributed by atoms with Gasteiger partial charge in [-0.25, -0.2) is 0 Å². The Hall–Kier alpha value is -3.00. The molecule has 2 aromatic carbocycles. The fourth-order valence-electron chi connectivity index (χ4n) is 3.63. The van der Waals surface area contributed by atoms with E-state index in [1.54, 1.807) is 12.5 Å². The highest BCUT2D eigenvalue weighted by atomic mass is 16.3. The molecule has 130 valence electrons. The van der Waals surface area contributed by atoms with Crippen LogP contribution in [0.15, 0.2) is 106 Å². The normalized spacial score (nSPS) is 13.4. The molecular weight excluding hydrogens is 320 g/mol. The van der Waals surface area contributed by atoms with E-state index in [1.165, 1.54) is 11.1 Å². The Balaban J connectivity index is 1.61. The maximum atomic E-state index is 5.76. The molecule has 0 saturated heterocycles. The van der Waals surface area contributed by atoms with Crippen molar-refractivity contribution in [1.29, 1.82) is 0 Å². The number of furan rings is 2. The molecule has 2 atom stereocenters. The van der Waals surface area contributed by atoms with E-state index in [4.69, 9.17) is 8.83 Å². The van der Waals surface area contributed by atoms with Crippen molar-refractivity contribution in [1.82, 2.24) is 0 Å². The summed E-state index contributed by atoms with van der Waals surface area (Å²) in [5.41, 5.74) is 2.57. The van der Waals surface area contributed by atoms with Crippen molar-refractivity contribution in [3.05, 3.63) is 120 Å². The van der Waals surface area contributed by atoms with Crippen molar-refractivity contribution in [2.75, 3.05) is 0 Å². The summed E-state index contributed by atoms with van der Waals surface area (Å²) in [4.78, 5) is 0. The average molecular weight is 342 g/mol. The Morgan fingerprint density at radius 1 is 0.500 bits per heavy atom. The van der Waals surface area contributed by atoms with E-state index in [1.807, 2.05) is 12.1 Å². The first-order chi connectivity index (χ1) is 12.9. The second kappa shape index (κ2) is 7.92. The zero-order valence-electron chi connectivity index (χ0n) is 14.6. The van der Waals surface area contributed by atoms with E-state index >= 15 is 0 Å². The Morgan fingerprint density at radius 3 is 1.27 bits per heavy atom. The van der Waals surface area contributed by atoms with E-state index in [2.05, 4.69) is 72.8 Å². The van der Waals surface area contributed by atoms with Gasteiger partial charge >= 0.3 is 0 Å². The molecule has 2 unspecified atom stereocenters. The lowest BCUT2D eigenvalue weighted by Gasteiger charge is -2.20. The van der Waals surface area contributed by atoms with Crippen molar-refractivity contribution in [3.8, 4) is 0 Å². The molecule has 0 radical (unpaired) electrons. The molecule has 0 aliphatic carbocycles. The van der Waals surface area contributed by atoms with Crippen LogP contribution in [-0.4, -0.2) is 0 Å². The predicted octanol–water partition coefficient (Wildman–Crippen LogP) is 6.62. The van der Waals surface area contributed by atoms with Gasteiger partial charge in [0.15, 0.2) is 0 Å². The summed E-state index contributed by atoms with van der Waals surface area (Å²) in [6, 6.07) is 29.3. The van der Waals surface area contributed by atoms with Crippen LogP contribution in [0.5, 0.6) is 0 Å². The molecule has 4 aromatic rings. The van der Waals surface area contributed by atoms with Crippen LogP contribution < -0.4 is 0 Å². The van der Waals surface area contributed by atoms with Crippen LogP contribution in [0.25, 0.3) is 0 Å². The van der Waals surface area contributed by atoms with E-state index < -0.39 is 0 Å². The molecule has 0 aliphatic heterocycles. The van der Waals surface area contributed by atoms with Gasteiger partial charge in [-0.3, -0.25) is 0 Å². The van der Waals surface area contributed by atoms with Gasteiger partial charge in [-0.05, 0) is 48.2 Å². The topological polar surface area (TPSA) is 26.3 Å². The molecule has 2 heteroatoms. The Labute approximate surface area is 154 Å². The van der Waals surface area contributed by atoms with E-state index in [9.17, 15) is 0 Å². The van der Waals surface area contributed by atoms with Crippen LogP contribution >= 0.6 is 0 Å². The number of benzene rings is 2. The molecule has 0 N–H and O–H groups in total. The summed E-state index contributed by atoms with van der Waals surface area (Å²) in [7, 11) is 0. The lowest BCUT2D eigenvalue weighted by atomic mass is 9.85. The molecule has 0 fully saturated rings. The van der Waals surface area contributed by atoms with Gasteiger partial charge in [0.2, 0.25) is 0 Å². The number of rotatable bonds is 7. The molecule has 26 heavy (non-hydrogen) atoms. The van der Waals surface area contributed by atoms with Gasteiger partial charge in [0, 0.05) is 11.8 Å². The van der Waals surface area contributed by atoms with Gasteiger partial charge in [-0.1, -0.05) is 60.7 Å².